The molecule has 2 N–H and O–H groups in total. The summed E-state index contributed by atoms with van der Waals surface area (Å²) in [6.07, 6.45) is -5.07. The highest BCUT2D eigenvalue weighted by Gasteiger charge is 2.53. The molecular formula is C26H26F3N3O5S. The first-order chi connectivity index (χ1) is 17.6. The zero-order chi connectivity index (χ0) is 28.2. The number of benzene rings is 2. The SMILES string of the molecule is CC1=C(C(=O)N(C)C)CC(Cc2ccc3c(c2)CCS3(=O)=O)(C(N)=O)C(=O)N1c1cccc(C(F)(F)F)c1. The lowest BCUT2D eigenvalue weighted by Gasteiger charge is -2.41. The number of carbonyl (C=O) groups is 3. The summed E-state index contributed by atoms with van der Waals surface area (Å²) in [5.74, 6) is -2.51. The van der Waals surface area contributed by atoms with E-state index in [1.54, 1.807) is 6.07 Å². The van der Waals surface area contributed by atoms with Crippen LogP contribution in [-0.2, 0) is 43.2 Å². The van der Waals surface area contributed by atoms with Gasteiger partial charge in [-0.15, -0.1) is 0 Å². The third-order valence-electron chi connectivity index (χ3n) is 7.04. The van der Waals surface area contributed by atoms with Gasteiger partial charge in [-0.3, -0.25) is 19.3 Å². The Morgan fingerprint density at radius 3 is 2.42 bits per heavy atom. The van der Waals surface area contributed by atoms with Gasteiger partial charge in [0.1, 0.15) is 5.41 Å². The number of rotatable bonds is 5. The van der Waals surface area contributed by atoms with E-state index in [1.807, 2.05) is 0 Å². The molecule has 2 aliphatic rings. The lowest BCUT2D eigenvalue weighted by molar-refractivity contribution is -0.141. The summed E-state index contributed by atoms with van der Waals surface area (Å²) < 4.78 is 64.9. The molecule has 3 amide bonds. The predicted molar refractivity (Wildman–Crippen MR) is 132 cm³/mol. The molecule has 2 aromatic carbocycles. The molecule has 0 saturated heterocycles. The van der Waals surface area contributed by atoms with Crippen molar-refractivity contribution in [2.75, 3.05) is 24.7 Å². The van der Waals surface area contributed by atoms with E-state index in [4.69, 9.17) is 5.73 Å². The van der Waals surface area contributed by atoms with Crippen molar-refractivity contribution < 1.29 is 36.0 Å². The number of hydrogen-bond acceptors (Lipinski definition) is 5. The van der Waals surface area contributed by atoms with Crippen molar-refractivity contribution in [3.63, 3.8) is 0 Å². The molecule has 1 unspecified atom stereocenters. The Labute approximate surface area is 217 Å². The molecule has 0 aromatic heterocycles. The summed E-state index contributed by atoms with van der Waals surface area (Å²) in [6, 6.07) is 8.52. The van der Waals surface area contributed by atoms with Crippen LogP contribution in [0, 0.1) is 5.41 Å². The number of alkyl halides is 3. The van der Waals surface area contributed by atoms with Crippen LogP contribution < -0.4 is 10.6 Å². The summed E-state index contributed by atoms with van der Waals surface area (Å²) in [4.78, 5) is 42.6. The molecule has 1 atom stereocenters. The van der Waals surface area contributed by atoms with Crippen LogP contribution in [-0.4, -0.2) is 50.9 Å². The predicted octanol–water partition coefficient (Wildman–Crippen LogP) is 2.85. The molecule has 8 nitrogen and oxygen atoms in total. The van der Waals surface area contributed by atoms with Crippen LogP contribution in [0.4, 0.5) is 18.9 Å². The van der Waals surface area contributed by atoms with Crippen molar-refractivity contribution in [2.24, 2.45) is 11.1 Å². The van der Waals surface area contributed by atoms with E-state index in [2.05, 4.69) is 0 Å². The number of halogens is 3. The van der Waals surface area contributed by atoms with Crippen LogP contribution in [0.3, 0.4) is 0 Å². The number of carbonyl (C=O) groups excluding carboxylic acids is 3. The monoisotopic (exact) mass is 549 g/mol. The molecule has 4 rings (SSSR count). The minimum Gasteiger partial charge on any atom is -0.369 e. The number of sulfone groups is 1. The fourth-order valence-corrected chi connectivity index (χ4v) is 6.55. The Morgan fingerprint density at radius 2 is 1.82 bits per heavy atom. The lowest BCUT2D eigenvalue weighted by Crippen LogP contribution is -2.56. The third-order valence-corrected chi connectivity index (χ3v) is 8.85. The standard InChI is InChI=1S/C26H26F3N3O5S/c1-15-20(22(33)31(2)3)14-25(23(30)34,13-16-7-8-21-17(11-16)9-10-38(21,36)37)24(35)32(15)19-6-4-5-18(12-19)26(27,28)29/h4-8,11-12H,9-10,13-14H2,1-3H3,(H2,30,34). The number of hydrogen-bond donors (Lipinski definition) is 1. The van der Waals surface area contributed by atoms with Crippen molar-refractivity contribution in [2.45, 2.75) is 37.3 Å². The summed E-state index contributed by atoms with van der Waals surface area (Å²) >= 11 is 0. The van der Waals surface area contributed by atoms with Crippen LogP contribution in [0.25, 0.3) is 0 Å². The number of likely N-dealkylation sites (N-methyl/N-ethyl adjacent to an activating group) is 1. The number of allylic oxidation sites excluding steroid dienone is 1. The Kier molecular flexibility index (Phi) is 6.67. The fourth-order valence-electron chi connectivity index (χ4n) is 5.00. The number of anilines is 1. The van der Waals surface area contributed by atoms with Crippen molar-refractivity contribution in [3.8, 4) is 0 Å². The number of primary amides is 1. The minimum absolute atomic E-state index is 0.0505. The second-order valence-electron chi connectivity index (χ2n) is 9.76. The van der Waals surface area contributed by atoms with Crippen LogP contribution >= 0.6 is 0 Å². The Morgan fingerprint density at radius 1 is 1.13 bits per heavy atom. The highest BCUT2D eigenvalue weighted by molar-refractivity contribution is 7.91. The van der Waals surface area contributed by atoms with E-state index in [9.17, 15) is 36.0 Å². The van der Waals surface area contributed by atoms with Crippen molar-refractivity contribution in [1.82, 2.24) is 4.90 Å². The van der Waals surface area contributed by atoms with Crippen LogP contribution in [0.15, 0.2) is 58.6 Å². The molecule has 0 bridgehead atoms. The van der Waals surface area contributed by atoms with E-state index in [0.29, 0.717) is 11.1 Å². The van der Waals surface area contributed by atoms with Gasteiger partial charge in [-0.2, -0.15) is 13.2 Å². The second kappa shape index (κ2) is 9.26. The van der Waals surface area contributed by atoms with E-state index >= 15 is 0 Å². The van der Waals surface area contributed by atoms with Gasteiger partial charge in [-0.1, -0.05) is 18.2 Å². The zero-order valence-corrected chi connectivity index (χ0v) is 21.7. The molecule has 2 heterocycles. The van der Waals surface area contributed by atoms with Gasteiger partial charge in [0.25, 0.3) is 5.91 Å². The minimum atomic E-state index is -4.69. The molecule has 0 aliphatic carbocycles. The third kappa shape index (κ3) is 4.57. The maximum absolute atomic E-state index is 14.0. The summed E-state index contributed by atoms with van der Waals surface area (Å²) in [7, 11) is -0.466. The lowest BCUT2D eigenvalue weighted by atomic mass is 9.71. The van der Waals surface area contributed by atoms with Gasteiger partial charge >= 0.3 is 6.18 Å². The molecule has 0 spiro atoms. The molecule has 2 aromatic rings. The quantitative estimate of drug-likeness (QED) is 0.576. The molecular weight excluding hydrogens is 523 g/mol. The maximum Gasteiger partial charge on any atom is 0.416 e. The highest BCUT2D eigenvalue weighted by atomic mass is 32.2. The van der Waals surface area contributed by atoms with Gasteiger partial charge in [0, 0.05) is 37.5 Å². The first kappa shape index (κ1) is 27.4. The van der Waals surface area contributed by atoms with Crippen molar-refractivity contribution >= 4 is 33.2 Å². The number of aryl methyl sites for hydroxylation is 1. The zero-order valence-electron chi connectivity index (χ0n) is 20.9. The average molecular weight is 550 g/mol. The summed E-state index contributed by atoms with van der Waals surface area (Å²) in [6.45, 7) is 1.43. The van der Waals surface area contributed by atoms with Crippen LogP contribution in [0.1, 0.15) is 30.0 Å². The molecule has 12 heteroatoms. The van der Waals surface area contributed by atoms with Gasteiger partial charge in [0.2, 0.25) is 11.8 Å². The first-order valence-corrected chi connectivity index (χ1v) is 13.3. The van der Waals surface area contributed by atoms with E-state index in [1.165, 1.54) is 44.1 Å². The number of amides is 3. The number of nitrogens with two attached hydrogens (primary N) is 1. The maximum atomic E-state index is 14.0. The smallest absolute Gasteiger partial charge is 0.369 e. The topological polar surface area (TPSA) is 118 Å². The summed E-state index contributed by atoms with van der Waals surface area (Å²) in [5, 5.41) is 0. The molecule has 0 saturated carbocycles. The number of nitrogens with zero attached hydrogens (tertiary/aromatic N) is 2. The van der Waals surface area contributed by atoms with Gasteiger partial charge in [-0.25, -0.2) is 8.42 Å². The van der Waals surface area contributed by atoms with Gasteiger partial charge in [0.15, 0.2) is 9.84 Å². The van der Waals surface area contributed by atoms with E-state index in [0.717, 1.165) is 23.1 Å². The Balaban J connectivity index is 1.89. The molecule has 2 aliphatic heterocycles. The summed E-state index contributed by atoms with van der Waals surface area (Å²) in [5.41, 5.74) is 3.73. The van der Waals surface area contributed by atoms with Gasteiger partial charge in [-0.05, 0) is 55.2 Å². The molecule has 38 heavy (non-hydrogen) atoms. The largest absolute Gasteiger partial charge is 0.416 e. The van der Waals surface area contributed by atoms with E-state index in [-0.39, 0.29) is 46.9 Å². The van der Waals surface area contributed by atoms with E-state index < -0.39 is 44.7 Å². The van der Waals surface area contributed by atoms with Crippen LogP contribution in [0.2, 0.25) is 0 Å². The van der Waals surface area contributed by atoms with Crippen LogP contribution in [0.5, 0.6) is 0 Å². The fraction of sp³-hybridized carbons (Fsp3) is 0.346. The highest BCUT2D eigenvalue weighted by Crippen LogP contribution is 2.43. The molecule has 0 radical (unpaired) electrons. The second-order valence-corrected chi connectivity index (χ2v) is 11.8. The molecule has 0 fully saturated rings. The molecule has 202 valence electrons. The Hall–Kier alpha value is -3.67. The van der Waals surface area contributed by atoms with Crippen molar-refractivity contribution in [3.05, 3.63) is 70.4 Å². The van der Waals surface area contributed by atoms with Gasteiger partial charge < -0.3 is 10.6 Å². The normalized spacial score (nSPS) is 20.9. The first-order valence-electron chi connectivity index (χ1n) is 11.7. The average Bonchev–Trinajstić information content (AvgIpc) is 3.13. The number of fused-ring (bicyclic) bond motifs is 1. The van der Waals surface area contributed by atoms with Gasteiger partial charge in [0.05, 0.1) is 16.2 Å². The Bertz CT molecular complexity index is 1500. The van der Waals surface area contributed by atoms with Crippen molar-refractivity contribution in [1.29, 1.82) is 0 Å².